The van der Waals surface area contributed by atoms with E-state index in [4.69, 9.17) is 14.2 Å². The molecule has 1 aliphatic carbocycles. The summed E-state index contributed by atoms with van der Waals surface area (Å²) in [7, 11) is 3.02. The fourth-order valence-corrected chi connectivity index (χ4v) is 3.89. The molecule has 0 saturated carbocycles. The van der Waals surface area contributed by atoms with Crippen LogP contribution < -0.4 is 15.0 Å². The second-order valence-corrected chi connectivity index (χ2v) is 6.99. The first-order valence-corrected chi connectivity index (χ1v) is 8.85. The second kappa shape index (κ2) is 7.55. The van der Waals surface area contributed by atoms with Crippen molar-refractivity contribution < 1.29 is 24.1 Å². The summed E-state index contributed by atoms with van der Waals surface area (Å²) >= 11 is 0. The van der Waals surface area contributed by atoms with Crippen LogP contribution in [0.4, 0.5) is 0 Å². The molecule has 0 saturated heterocycles. The predicted octanol–water partition coefficient (Wildman–Crippen LogP) is 1.50. The zero-order chi connectivity index (χ0) is 20.5. The highest BCUT2D eigenvalue weighted by Crippen LogP contribution is 2.46. The van der Waals surface area contributed by atoms with Crippen molar-refractivity contribution in [3.05, 3.63) is 58.0 Å². The lowest BCUT2D eigenvalue weighted by atomic mass is 9.66. The lowest BCUT2D eigenvalue weighted by Crippen LogP contribution is -2.50. The monoisotopic (exact) mass is 388 g/mol. The number of nitrogens with one attached hydrogen (secondary N) is 2. The van der Waals surface area contributed by atoms with Crippen LogP contribution in [0.15, 0.2) is 35.6 Å². The first-order chi connectivity index (χ1) is 13.3. The number of aliphatic hydroxyl groups is 1. The molecular formula is C20H24N2O6. The first kappa shape index (κ1) is 19.8. The van der Waals surface area contributed by atoms with Crippen LogP contribution in [-0.4, -0.2) is 47.7 Å². The molecule has 0 fully saturated rings. The van der Waals surface area contributed by atoms with Crippen LogP contribution in [0.5, 0.6) is 11.5 Å². The van der Waals surface area contributed by atoms with E-state index in [9.17, 15) is 14.7 Å². The second-order valence-electron chi connectivity index (χ2n) is 6.99. The molecule has 0 bridgehead atoms. The van der Waals surface area contributed by atoms with Gasteiger partial charge in [-0.05, 0) is 24.6 Å². The molecule has 1 aromatic carbocycles. The van der Waals surface area contributed by atoms with E-state index in [2.05, 4.69) is 16.8 Å². The Morgan fingerprint density at radius 3 is 2.68 bits per heavy atom. The molecule has 0 radical (unpaired) electrons. The Balaban J connectivity index is 2.19. The van der Waals surface area contributed by atoms with Gasteiger partial charge in [0.2, 0.25) is 0 Å². The minimum atomic E-state index is -1.44. The van der Waals surface area contributed by atoms with E-state index < -0.39 is 23.4 Å². The van der Waals surface area contributed by atoms with Crippen molar-refractivity contribution >= 4 is 5.97 Å². The van der Waals surface area contributed by atoms with Crippen LogP contribution in [0.2, 0.25) is 0 Å². The van der Waals surface area contributed by atoms with Crippen LogP contribution in [-0.2, 0) is 16.0 Å². The Morgan fingerprint density at radius 1 is 1.32 bits per heavy atom. The van der Waals surface area contributed by atoms with Crippen molar-refractivity contribution in [2.75, 3.05) is 20.8 Å². The van der Waals surface area contributed by atoms with Gasteiger partial charge in [0.15, 0.2) is 11.5 Å². The third kappa shape index (κ3) is 3.31. The summed E-state index contributed by atoms with van der Waals surface area (Å²) in [4.78, 5) is 25.4. The number of carbonyl (C=O) groups is 1. The van der Waals surface area contributed by atoms with Gasteiger partial charge in [0.05, 0.1) is 25.7 Å². The Bertz CT molecular complexity index is 942. The molecule has 0 amide bonds. The number of hydrogen-bond donors (Lipinski definition) is 3. The van der Waals surface area contributed by atoms with Crippen LogP contribution in [0.25, 0.3) is 0 Å². The quantitative estimate of drug-likeness (QED) is 0.511. The van der Waals surface area contributed by atoms with E-state index in [1.54, 1.807) is 25.1 Å². The maximum absolute atomic E-state index is 12.9. The predicted molar refractivity (Wildman–Crippen MR) is 102 cm³/mol. The fraction of sp³-hybridized carbons (Fsp3) is 0.400. The van der Waals surface area contributed by atoms with Gasteiger partial charge in [0.1, 0.15) is 6.61 Å². The number of aromatic nitrogens is 2. The molecule has 3 rings (SSSR count). The lowest BCUT2D eigenvalue weighted by molar-refractivity contribution is -0.158. The Labute approximate surface area is 162 Å². The number of H-pyrrole nitrogens is 2. The molecule has 1 aliphatic rings. The topological polar surface area (TPSA) is 114 Å². The number of esters is 1. The molecule has 0 spiro atoms. The number of carbonyl (C=O) groups excluding carboxylic acids is 1. The smallest absolute Gasteiger partial charge is 0.313 e. The number of fused-ring (bicyclic) bond motifs is 1. The Morgan fingerprint density at radius 2 is 2.04 bits per heavy atom. The number of ether oxygens (including phenoxy) is 3. The number of hydrogen-bond acceptors (Lipinski definition) is 6. The molecule has 1 heterocycles. The summed E-state index contributed by atoms with van der Waals surface area (Å²) in [5.74, 6) is -1.35. The van der Waals surface area contributed by atoms with Gasteiger partial charge in [-0.25, -0.2) is 0 Å². The minimum Gasteiger partial charge on any atom is -0.493 e. The molecule has 2 aromatic rings. The zero-order valence-electron chi connectivity index (χ0n) is 16.1. The van der Waals surface area contributed by atoms with E-state index >= 15 is 0 Å². The van der Waals surface area contributed by atoms with E-state index in [0.717, 1.165) is 0 Å². The summed E-state index contributed by atoms with van der Waals surface area (Å²) in [5, 5.41) is 16.5. The largest absolute Gasteiger partial charge is 0.493 e. The maximum Gasteiger partial charge on any atom is 0.313 e. The highest BCUT2D eigenvalue weighted by Gasteiger charge is 2.51. The number of methoxy groups -OCH3 is 2. The van der Waals surface area contributed by atoms with Crippen molar-refractivity contribution in [3.8, 4) is 11.5 Å². The van der Waals surface area contributed by atoms with Crippen LogP contribution in [0.3, 0.4) is 0 Å². The summed E-state index contributed by atoms with van der Waals surface area (Å²) in [6, 6.07) is 5.15. The van der Waals surface area contributed by atoms with E-state index in [1.165, 1.54) is 20.3 Å². The van der Waals surface area contributed by atoms with Gasteiger partial charge in [0, 0.05) is 23.6 Å². The molecule has 150 valence electrons. The van der Waals surface area contributed by atoms with E-state index in [-0.39, 0.29) is 18.6 Å². The molecule has 8 heteroatoms. The SMILES string of the molecule is C=CCOC(=O)C1C(c2ccc(OC)c(OC)c2)c2c([nH][nH]c2=O)CC1(C)O. The zero-order valence-corrected chi connectivity index (χ0v) is 16.1. The molecule has 8 nitrogen and oxygen atoms in total. The Hall–Kier alpha value is -3.00. The van der Waals surface area contributed by atoms with Crippen molar-refractivity contribution in [3.63, 3.8) is 0 Å². The van der Waals surface area contributed by atoms with Crippen molar-refractivity contribution in [1.29, 1.82) is 0 Å². The molecule has 28 heavy (non-hydrogen) atoms. The molecule has 1 aromatic heterocycles. The summed E-state index contributed by atoms with van der Waals surface area (Å²) in [6.45, 7) is 5.12. The fourth-order valence-electron chi connectivity index (χ4n) is 3.89. The van der Waals surface area contributed by atoms with Gasteiger partial charge in [-0.3, -0.25) is 14.7 Å². The first-order valence-electron chi connectivity index (χ1n) is 8.85. The van der Waals surface area contributed by atoms with Gasteiger partial charge in [-0.15, -0.1) is 0 Å². The normalized spacial score (nSPS) is 23.6. The highest BCUT2D eigenvalue weighted by molar-refractivity contribution is 5.77. The lowest BCUT2D eigenvalue weighted by Gasteiger charge is -2.40. The summed E-state index contributed by atoms with van der Waals surface area (Å²) in [6.07, 6.45) is 1.56. The average Bonchev–Trinajstić information content (AvgIpc) is 3.03. The average molecular weight is 388 g/mol. The summed E-state index contributed by atoms with van der Waals surface area (Å²) in [5.41, 5.74) is -0.188. The maximum atomic E-state index is 12.9. The van der Waals surface area contributed by atoms with Gasteiger partial charge in [0.25, 0.3) is 5.56 Å². The van der Waals surface area contributed by atoms with Crippen molar-refractivity contribution in [2.24, 2.45) is 5.92 Å². The molecule has 3 atom stereocenters. The van der Waals surface area contributed by atoms with Crippen LogP contribution in [0, 0.1) is 5.92 Å². The highest BCUT2D eigenvalue weighted by atomic mass is 16.5. The van der Waals surface area contributed by atoms with E-state index in [0.29, 0.717) is 28.3 Å². The van der Waals surface area contributed by atoms with Gasteiger partial charge in [-0.1, -0.05) is 18.7 Å². The molecule has 0 aliphatic heterocycles. The van der Waals surface area contributed by atoms with Crippen LogP contribution >= 0.6 is 0 Å². The number of benzene rings is 1. The Kier molecular flexibility index (Phi) is 5.33. The minimum absolute atomic E-state index is 0.0143. The van der Waals surface area contributed by atoms with Crippen LogP contribution in [0.1, 0.15) is 29.7 Å². The van der Waals surface area contributed by atoms with Gasteiger partial charge < -0.3 is 24.4 Å². The third-order valence-electron chi connectivity index (χ3n) is 5.11. The van der Waals surface area contributed by atoms with Gasteiger partial charge >= 0.3 is 5.97 Å². The molecule has 3 unspecified atom stereocenters. The summed E-state index contributed by atoms with van der Waals surface area (Å²) < 4.78 is 15.9. The standard InChI is InChI=1S/C20H24N2O6/c1-5-8-28-19(24)17-15(11-6-7-13(26-3)14(9-11)27-4)16-12(10-20(17,2)25)21-22-18(16)23/h5-7,9,15,17,25H,1,8,10H2,2-4H3,(H2,21,22,23). The molecule has 3 N–H and O–H groups in total. The molecular weight excluding hydrogens is 364 g/mol. The number of rotatable bonds is 6. The van der Waals surface area contributed by atoms with Crippen molar-refractivity contribution in [1.82, 2.24) is 10.2 Å². The van der Waals surface area contributed by atoms with Crippen molar-refractivity contribution in [2.45, 2.75) is 24.9 Å². The van der Waals surface area contributed by atoms with E-state index in [1.807, 2.05) is 0 Å². The number of aromatic amines is 2. The third-order valence-corrected chi connectivity index (χ3v) is 5.11. The van der Waals surface area contributed by atoms with Gasteiger partial charge in [-0.2, -0.15) is 0 Å².